The van der Waals surface area contributed by atoms with Crippen LogP contribution in [0, 0.1) is 29.1 Å². The molecular weight excluding hydrogens is 605 g/mol. The molecule has 0 unspecified atom stereocenters. The van der Waals surface area contributed by atoms with Crippen molar-refractivity contribution in [1.29, 1.82) is 0 Å². The SMILES string of the molecule is C=CCCC[C@@H]1[C@H]2C[C@H]2C[C@H]1OC(=O)C[C@H](C(=O)N1C[C@H](Oc2nc3cc(Cl)ccc3nc2Cl)C[C@H]1C(=O)OC)C(C)(C)C. The van der Waals surface area contributed by atoms with E-state index in [0.29, 0.717) is 33.8 Å². The van der Waals surface area contributed by atoms with Crippen molar-refractivity contribution in [3.8, 4) is 5.88 Å². The summed E-state index contributed by atoms with van der Waals surface area (Å²) in [4.78, 5) is 50.6. The van der Waals surface area contributed by atoms with Crippen LogP contribution in [0.5, 0.6) is 5.88 Å². The Morgan fingerprint density at radius 2 is 1.91 bits per heavy atom. The third-order valence-corrected chi connectivity index (χ3v) is 9.82. The predicted octanol–water partition coefficient (Wildman–Crippen LogP) is 6.43. The molecule has 2 heterocycles. The lowest BCUT2D eigenvalue weighted by atomic mass is 9.77. The van der Waals surface area contributed by atoms with E-state index in [9.17, 15) is 14.4 Å². The number of hydrogen-bond acceptors (Lipinski definition) is 8. The van der Waals surface area contributed by atoms with Crippen molar-refractivity contribution in [2.45, 2.75) is 84.0 Å². The molecule has 9 nitrogen and oxygen atoms in total. The molecule has 3 aliphatic rings. The second kappa shape index (κ2) is 13.2. The standard InChI is InChI=1S/C33H41Cl2N3O6/c1-6-7-8-9-21-22-12-18(22)13-27(21)44-28(39)16-23(33(2,3)4)31(40)38-17-20(15-26(38)32(41)42-5)43-30-29(35)36-24-11-10-19(34)14-25(24)37-30/h6,10-11,14,18,20-23,26-27H,1,7-9,12-13,15-17H2,2-5H3/t18-,20+,21+,22-,23+,26-,27+/m0/s1. The second-order valence-corrected chi connectivity index (χ2v) is 14.2. The fourth-order valence-corrected chi connectivity index (χ4v) is 7.25. The molecule has 11 heteroatoms. The highest BCUT2D eigenvalue weighted by molar-refractivity contribution is 6.32. The van der Waals surface area contributed by atoms with Gasteiger partial charge in [0.1, 0.15) is 18.2 Å². The first-order valence-corrected chi connectivity index (χ1v) is 16.1. The molecule has 7 atom stereocenters. The Kier molecular flexibility index (Phi) is 9.75. The normalized spacial score (nSPS) is 26.6. The predicted molar refractivity (Wildman–Crippen MR) is 167 cm³/mol. The summed E-state index contributed by atoms with van der Waals surface area (Å²) in [5.41, 5.74) is 0.477. The van der Waals surface area contributed by atoms with E-state index in [1.807, 2.05) is 26.8 Å². The molecule has 1 aliphatic heterocycles. The van der Waals surface area contributed by atoms with Gasteiger partial charge in [0, 0.05) is 11.4 Å². The van der Waals surface area contributed by atoms with Crippen LogP contribution in [0.2, 0.25) is 10.2 Å². The molecule has 0 N–H and O–H groups in total. The second-order valence-electron chi connectivity index (χ2n) is 13.4. The van der Waals surface area contributed by atoms with E-state index >= 15 is 0 Å². The van der Waals surface area contributed by atoms with Gasteiger partial charge in [0.05, 0.1) is 37.0 Å². The van der Waals surface area contributed by atoms with E-state index < -0.39 is 29.4 Å². The van der Waals surface area contributed by atoms with Gasteiger partial charge >= 0.3 is 11.9 Å². The average molecular weight is 647 g/mol. The number of amides is 1. The van der Waals surface area contributed by atoms with E-state index in [-0.39, 0.29) is 48.4 Å². The summed E-state index contributed by atoms with van der Waals surface area (Å²) in [7, 11) is 1.28. The number of ether oxygens (including phenoxy) is 3. The number of likely N-dealkylation sites (tertiary alicyclic amines) is 1. The van der Waals surface area contributed by atoms with E-state index in [1.54, 1.807) is 18.2 Å². The Bertz CT molecular complexity index is 1430. The van der Waals surface area contributed by atoms with Crippen LogP contribution in [0.1, 0.15) is 65.7 Å². The zero-order valence-electron chi connectivity index (χ0n) is 25.8. The number of rotatable bonds is 11. The molecule has 3 fully saturated rings. The molecule has 44 heavy (non-hydrogen) atoms. The van der Waals surface area contributed by atoms with Crippen LogP contribution in [-0.4, -0.2) is 64.6 Å². The first kappa shape index (κ1) is 32.5. The molecule has 1 amide bonds. The first-order valence-electron chi connectivity index (χ1n) is 15.4. The molecule has 5 rings (SSSR count). The van der Waals surface area contributed by atoms with Crippen LogP contribution in [0.25, 0.3) is 11.0 Å². The highest BCUT2D eigenvalue weighted by Crippen LogP contribution is 2.57. The van der Waals surface area contributed by atoms with Gasteiger partial charge in [0.25, 0.3) is 5.88 Å². The highest BCUT2D eigenvalue weighted by atomic mass is 35.5. The summed E-state index contributed by atoms with van der Waals surface area (Å²) in [6.45, 7) is 9.65. The Morgan fingerprint density at radius 1 is 1.14 bits per heavy atom. The van der Waals surface area contributed by atoms with Crippen molar-refractivity contribution in [2.24, 2.45) is 29.1 Å². The lowest BCUT2D eigenvalue weighted by molar-refractivity contribution is -0.160. The summed E-state index contributed by atoms with van der Waals surface area (Å²) in [6.07, 6.45) is 6.40. The van der Waals surface area contributed by atoms with Gasteiger partial charge in [-0.2, -0.15) is 0 Å². The van der Waals surface area contributed by atoms with Crippen molar-refractivity contribution < 1.29 is 28.6 Å². The van der Waals surface area contributed by atoms with Gasteiger partial charge < -0.3 is 19.1 Å². The van der Waals surface area contributed by atoms with E-state index in [1.165, 1.54) is 18.4 Å². The molecule has 2 aliphatic carbocycles. The van der Waals surface area contributed by atoms with Crippen LogP contribution >= 0.6 is 23.2 Å². The zero-order valence-corrected chi connectivity index (χ0v) is 27.3. The van der Waals surface area contributed by atoms with Crippen LogP contribution in [-0.2, 0) is 23.9 Å². The number of unbranched alkanes of at least 4 members (excludes halogenated alkanes) is 1. The Morgan fingerprint density at radius 3 is 2.61 bits per heavy atom. The minimum Gasteiger partial charge on any atom is -0.470 e. The average Bonchev–Trinajstić information content (AvgIpc) is 3.46. The number of carbonyl (C=O) groups is 3. The maximum Gasteiger partial charge on any atom is 0.328 e. The van der Waals surface area contributed by atoms with Gasteiger partial charge in [-0.05, 0) is 73.5 Å². The fraction of sp³-hybridized carbons (Fsp3) is 0.606. The molecule has 1 saturated heterocycles. The monoisotopic (exact) mass is 645 g/mol. The van der Waals surface area contributed by atoms with Gasteiger partial charge in [0.2, 0.25) is 5.91 Å². The van der Waals surface area contributed by atoms with Crippen molar-refractivity contribution in [3.63, 3.8) is 0 Å². The molecule has 0 spiro atoms. The third-order valence-electron chi connectivity index (χ3n) is 9.33. The van der Waals surface area contributed by atoms with Crippen molar-refractivity contribution in [2.75, 3.05) is 13.7 Å². The number of nitrogens with zero attached hydrogens (tertiary/aromatic N) is 3. The molecule has 1 aromatic carbocycles. The van der Waals surface area contributed by atoms with Crippen LogP contribution in [0.4, 0.5) is 0 Å². The number of carbonyl (C=O) groups excluding carboxylic acids is 3. The van der Waals surface area contributed by atoms with E-state index in [2.05, 4.69) is 16.5 Å². The van der Waals surface area contributed by atoms with Crippen molar-refractivity contribution >= 4 is 52.1 Å². The first-order chi connectivity index (χ1) is 20.9. The van der Waals surface area contributed by atoms with E-state index in [0.717, 1.165) is 25.7 Å². The summed E-state index contributed by atoms with van der Waals surface area (Å²) in [6, 6.07) is 4.16. The summed E-state index contributed by atoms with van der Waals surface area (Å²) >= 11 is 12.5. The maximum absolute atomic E-state index is 14.1. The number of esters is 2. The minimum atomic E-state index is -0.892. The number of methoxy groups -OCH3 is 1. The van der Waals surface area contributed by atoms with Gasteiger partial charge in [-0.25, -0.2) is 14.8 Å². The van der Waals surface area contributed by atoms with Crippen LogP contribution in [0.3, 0.4) is 0 Å². The van der Waals surface area contributed by atoms with Crippen LogP contribution in [0.15, 0.2) is 30.9 Å². The smallest absolute Gasteiger partial charge is 0.328 e. The Hall–Kier alpha value is -2.91. The largest absolute Gasteiger partial charge is 0.470 e. The van der Waals surface area contributed by atoms with Gasteiger partial charge in [-0.15, -0.1) is 6.58 Å². The number of fused-ring (bicyclic) bond motifs is 2. The van der Waals surface area contributed by atoms with Crippen LogP contribution < -0.4 is 4.74 Å². The molecule has 0 radical (unpaired) electrons. The zero-order chi connectivity index (χ0) is 31.8. The molecule has 238 valence electrons. The molecule has 1 aromatic heterocycles. The van der Waals surface area contributed by atoms with Gasteiger partial charge in [-0.1, -0.05) is 50.0 Å². The van der Waals surface area contributed by atoms with Gasteiger partial charge in [-0.3, -0.25) is 9.59 Å². The summed E-state index contributed by atoms with van der Waals surface area (Å²) < 4.78 is 17.2. The number of allylic oxidation sites excluding steroid dienone is 1. The number of halogens is 2. The lowest BCUT2D eigenvalue weighted by Gasteiger charge is -2.34. The molecule has 2 saturated carbocycles. The third kappa shape index (κ3) is 7.15. The topological polar surface area (TPSA) is 108 Å². The summed E-state index contributed by atoms with van der Waals surface area (Å²) in [5.74, 6) is -0.255. The van der Waals surface area contributed by atoms with E-state index in [4.69, 9.17) is 37.4 Å². The van der Waals surface area contributed by atoms with Gasteiger partial charge in [0.15, 0.2) is 5.15 Å². The Balaban J connectivity index is 1.29. The fourth-order valence-electron chi connectivity index (χ4n) is 6.90. The highest BCUT2D eigenvalue weighted by Gasteiger charge is 2.54. The molecule has 2 aromatic rings. The Labute approximate surface area is 268 Å². The number of benzene rings is 1. The summed E-state index contributed by atoms with van der Waals surface area (Å²) in [5, 5.41) is 0.546. The van der Waals surface area contributed by atoms with Crippen molar-refractivity contribution in [1.82, 2.24) is 14.9 Å². The molecule has 0 bridgehead atoms. The quantitative estimate of drug-likeness (QED) is 0.156. The number of aromatic nitrogens is 2. The maximum atomic E-state index is 14.1. The van der Waals surface area contributed by atoms with Crippen molar-refractivity contribution in [3.05, 3.63) is 41.0 Å². The number of hydrogen-bond donors (Lipinski definition) is 0. The minimum absolute atomic E-state index is 0.0573. The lowest BCUT2D eigenvalue weighted by Crippen LogP contribution is -2.48. The molecular formula is C33H41Cl2N3O6.